The average Bonchev–Trinajstić information content (AvgIpc) is 2.68. The lowest BCUT2D eigenvalue weighted by molar-refractivity contribution is -0.122. The zero-order chi connectivity index (χ0) is 21.4. The molecule has 2 aromatic rings. The maximum atomic E-state index is 12.8. The van der Waals surface area contributed by atoms with Crippen LogP contribution >= 0.6 is 0 Å². The number of amides is 2. The normalized spacial score (nSPS) is 11.8. The van der Waals surface area contributed by atoms with E-state index in [4.69, 9.17) is 4.74 Å². The average molecular weight is 397 g/mol. The van der Waals surface area contributed by atoms with Crippen molar-refractivity contribution < 1.29 is 14.3 Å². The fourth-order valence-electron chi connectivity index (χ4n) is 2.96. The molecule has 0 aliphatic heterocycles. The molecule has 0 aliphatic rings. The van der Waals surface area contributed by atoms with Crippen LogP contribution in [0.2, 0.25) is 0 Å². The molecule has 0 saturated carbocycles. The molecular formula is C24H32N2O3. The first-order chi connectivity index (χ1) is 13.8. The summed E-state index contributed by atoms with van der Waals surface area (Å²) >= 11 is 0. The van der Waals surface area contributed by atoms with Gasteiger partial charge in [-0.25, -0.2) is 0 Å². The predicted octanol–water partition coefficient (Wildman–Crippen LogP) is 5.05. The third-order valence-corrected chi connectivity index (χ3v) is 4.71. The van der Waals surface area contributed by atoms with Crippen molar-refractivity contribution >= 4 is 17.5 Å². The Morgan fingerprint density at radius 1 is 1.07 bits per heavy atom. The zero-order valence-corrected chi connectivity index (χ0v) is 18.0. The number of anilines is 1. The standard InChI is InChI=1S/C24H32N2O3/c1-6-7-14-25-24(28)20-10-8-9-11-21(20)26-23(27)18(5)29-22-15-17(4)12-13-19(22)16(2)3/h8-13,15-16,18H,6-7,14H2,1-5H3,(H,25,28)(H,26,27). The van der Waals surface area contributed by atoms with Crippen molar-refractivity contribution in [2.45, 2.75) is 59.5 Å². The molecule has 2 amide bonds. The Morgan fingerprint density at radius 2 is 1.79 bits per heavy atom. The maximum Gasteiger partial charge on any atom is 0.265 e. The lowest BCUT2D eigenvalue weighted by Gasteiger charge is -2.20. The van der Waals surface area contributed by atoms with Crippen molar-refractivity contribution in [1.29, 1.82) is 0 Å². The van der Waals surface area contributed by atoms with Crippen LogP contribution in [0.4, 0.5) is 5.69 Å². The second-order valence-corrected chi connectivity index (χ2v) is 7.60. The van der Waals surface area contributed by atoms with E-state index in [1.807, 2.05) is 25.1 Å². The van der Waals surface area contributed by atoms with Crippen LogP contribution in [0.1, 0.15) is 67.9 Å². The number of ether oxygens (including phenoxy) is 1. The molecule has 0 bridgehead atoms. The molecule has 1 atom stereocenters. The molecule has 29 heavy (non-hydrogen) atoms. The van der Waals surface area contributed by atoms with Gasteiger partial charge in [0.1, 0.15) is 5.75 Å². The van der Waals surface area contributed by atoms with E-state index in [1.54, 1.807) is 31.2 Å². The molecule has 156 valence electrons. The number of aryl methyl sites for hydroxylation is 1. The minimum absolute atomic E-state index is 0.191. The van der Waals surface area contributed by atoms with Crippen molar-refractivity contribution in [3.05, 3.63) is 59.2 Å². The van der Waals surface area contributed by atoms with Gasteiger partial charge in [-0.05, 0) is 55.5 Å². The van der Waals surface area contributed by atoms with Crippen molar-refractivity contribution in [2.24, 2.45) is 0 Å². The first-order valence-electron chi connectivity index (χ1n) is 10.3. The summed E-state index contributed by atoms with van der Waals surface area (Å²) in [5, 5.41) is 5.73. The summed E-state index contributed by atoms with van der Waals surface area (Å²) < 4.78 is 5.99. The highest BCUT2D eigenvalue weighted by Gasteiger charge is 2.20. The number of hydrogen-bond donors (Lipinski definition) is 2. The van der Waals surface area contributed by atoms with Gasteiger partial charge in [-0.15, -0.1) is 0 Å². The Kier molecular flexibility index (Phi) is 8.25. The van der Waals surface area contributed by atoms with Crippen LogP contribution in [-0.4, -0.2) is 24.5 Å². The number of carbonyl (C=O) groups is 2. The molecule has 0 spiro atoms. The molecule has 0 fully saturated rings. The van der Waals surface area contributed by atoms with E-state index >= 15 is 0 Å². The number of hydrogen-bond acceptors (Lipinski definition) is 3. The molecule has 0 aromatic heterocycles. The monoisotopic (exact) mass is 396 g/mol. The van der Waals surface area contributed by atoms with Crippen molar-refractivity contribution in [1.82, 2.24) is 5.32 Å². The lowest BCUT2D eigenvalue weighted by Crippen LogP contribution is -2.32. The van der Waals surface area contributed by atoms with Gasteiger partial charge in [0, 0.05) is 6.54 Å². The quantitative estimate of drug-likeness (QED) is 0.583. The van der Waals surface area contributed by atoms with E-state index < -0.39 is 6.10 Å². The van der Waals surface area contributed by atoms with E-state index in [1.165, 1.54) is 0 Å². The Balaban J connectivity index is 2.11. The summed E-state index contributed by atoms with van der Waals surface area (Å²) in [6.45, 7) is 10.6. The highest BCUT2D eigenvalue weighted by molar-refractivity contribution is 6.04. The Bertz CT molecular complexity index is 846. The summed E-state index contributed by atoms with van der Waals surface area (Å²) in [6.07, 6.45) is 1.22. The maximum absolute atomic E-state index is 12.8. The Hall–Kier alpha value is -2.82. The van der Waals surface area contributed by atoms with Gasteiger partial charge in [-0.1, -0.05) is 51.5 Å². The first-order valence-corrected chi connectivity index (χ1v) is 10.3. The van der Waals surface area contributed by atoms with E-state index in [9.17, 15) is 9.59 Å². The molecule has 1 unspecified atom stereocenters. The molecule has 5 heteroatoms. The molecule has 2 aromatic carbocycles. The summed E-state index contributed by atoms with van der Waals surface area (Å²) in [5.41, 5.74) is 3.06. The van der Waals surface area contributed by atoms with Crippen LogP contribution in [0.15, 0.2) is 42.5 Å². The highest BCUT2D eigenvalue weighted by atomic mass is 16.5. The second-order valence-electron chi connectivity index (χ2n) is 7.60. The number of carbonyl (C=O) groups excluding carboxylic acids is 2. The molecule has 0 saturated heterocycles. The summed E-state index contributed by atoms with van der Waals surface area (Å²) in [7, 11) is 0. The number of benzene rings is 2. The van der Waals surface area contributed by atoms with Gasteiger partial charge in [0.25, 0.3) is 11.8 Å². The van der Waals surface area contributed by atoms with Crippen molar-refractivity contribution in [2.75, 3.05) is 11.9 Å². The van der Waals surface area contributed by atoms with Gasteiger partial charge in [-0.2, -0.15) is 0 Å². The van der Waals surface area contributed by atoms with Crippen LogP contribution in [0.25, 0.3) is 0 Å². The molecule has 2 N–H and O–H groups in total. The van der Waals surface area contributed by atoms with Gasteiger partial charge < -0.3 is 15.4 Å². The molecule has 0 heterocycles. The summed E-state index contributed by atoms with van der Waals surface area (Å²) in [6, 6.07) is 13.0. The minimum Gasteiger partial charge on any atom is -0.481 e. The van der Waals surface area contributed by atoms with Gasteiger partial charge in [0.05, 0.1) is 11.3 Å². The van der Waals surface area contributed by atoms with E-state index in [0.717, 1.165) is 24.0 Å². The van der Waals surface area contributed by atoms with Crippen LogP contribution in [0, 0.1) is 6.92 Å². The second kappa shape index (κ2) is 10.6. The molecule has 0 aliphatic carbocycles. The van der Waals surface area contributed by atoms with Crippen molar-refractivity contribution in [3.8, 4) is 5.75 Å². The zero-order valence-electron chi connectivity index (χ0n) is 18.0. The molecular weight excluding hydrogens is 364 g/mol. The number of rotatable bonds is 9. The summed E-state index contributed by atoms with van der Waals surface area (Å²) in [5.74, 6) is 0.514. The molecule has 2 rings (SSSR count). The third kappa shape index (κ3) is 6.34. The first kappa shape index (κ1) is 22.5. The topological polar surface area (TPSA) is 67.4 Å². The number of unbranched alkanes of at least 4 members (excludes halogenated alkanes) is 1. The van der Waals surface area contributed by atoms with Crippen LogP contribution in [0.5, 0.6) is 5.75 Å². The van der Waals surface area contributed by atoms with Crippen molar-refractivity contribution in [3.63, 3.8) is 0 Å². The minimum atomic E-state index is -0.703. The molecule has 0 radical (unpaired) electrons. The van der Waals surface area contributed by atoms with E-state index in [2.05, 4.69) is 31.4 Å². The van der Waals surface area contributed by atoms with Gasteiger partial charge in [-0.3, -0.25) is 9.59 Å². The smallest absolute Gasteiger partial charge is 0.265 e. The summed E-state index contributed by atoms with van der Waals surface area (Å²) in [4.78, 5) is 25.2. The lowest BCUT2D eigenvalue weighted by atomic mass is 10.0. The number of para-hydroxylation sites is 1. The van der Waals surface area contributed by atoms with Gasteiger partial charge in [0.2, 0.25) is 0 Å². The fraction of sp³-hybridized carbons (Fsp3) is 0.417. The van der Waals surface area contributed by atoms with E-state index in [-0.39, 0.29) is 17.7 Å². The highest BCUT2D eigenvalue weighted by Crippen LogP contribution is 2.28. The Labute approximate surface area is 173 Å². The predicted molar refractivity (Wildman–Crippen MR) is 118 cm³/mol. The van der Waals surface area contributed by atoms with Gasteiger partial charge >= 0.3 is 0 Å². The van der Waals surface area contributed by atoms with Gasteiger partial charge in [0.15, 0.2) is 6.10 Å². The SMILES string of the molecule is CCCCNC(=O)c1ccccc1NC(=O)C(C)Oc1cc(C)ccc1C(C)C. The van der Waals surface area contributed by atoms with E-state index in [0.29, 0.717) is 23.5 Å². The van der Waals surface area contributed by atoms with Crippen LogP contribution in [0.3, 0.4) is 0 Å². The largest absolute Gasteiger partial charge is 0.481 e. The van der Waals surface area contributed by atoms with Crippen LogP contribution in [-0.2, 0) is 4.79 Å². The molecule has 5 nitrogen and oxygen atoms in total. The third-order valence-electron chi connectivity index (χ3n) is 4.71. The number of nitrogens with one attached hydrogen (secondary N) is 2. The Morgan fingerprint density at radius 3 is 2.48 bits per heavy atom. The van der Waals surface area contributed by atoms with Crippen LogP contribution < -0.4 is 15.4 Å². The fourth-order valence-corrected chi connectivity index (χ4v) is 2.96.